The van der Waals surface area contributed by atoms with Crippen LogP contribution < -0.4 is 19.7 Å². The Balaban J connectivity index is 1.79. The monoisotopic (exact) mass is 354 g/mol. The molecule has 2 aromatic carbocycles. The highest BCUT2D eigenvalue weighted by atomic mass is 32.1. The van der Waals surface area contributed by atoms with Crippen molar-refractivity contribution >= 4 is 29.1 Å². The van der Waals surface area contributed by atoms with E-state index in [1.54, 1.807) is 0 Å². The van der Waals surface area contributed by atoms with E-state index in [9.17, 15) is 0 Å². The van der Waals surface area contributed by atoms with Gasteiger partial charge in [0, 0.05) is 24.8 Å². The van der Waals surface area contributed by atoms with Gasteiger partial charge in [0.05, 0.1) is 0 Å². The van der Waals surface area contributed by atoms with Gasteiger partial charge >= 0.3 is 0 Å². The third-order valence-corrected chi connectivity index (χ3v) is 4.17. The standard InChI is InChI=1S/C20H22N2O2S/c1-2-21-20(25)22(12-6-9-16-7-4-3-5-8-16)17-10-11-18-19(15-17)24-14-13-23-18/h3-11,15H,2,12-14H2,1H3,(H,21,25)/b9-6+. The van der Waals surface area contributed by atoms with Gasteiger partial charge < -0.3 is 19.7 Å². The lowest BCUT2D eigenvalue weighted by Crippen LogP contribution is -2.39. The van der Waals surface area contributed by atoms with E-state index in [1.165, 1.54) is 5.56 Å². The molecule has 1 aliphatic heterocycles. The van der Waals surface area contributed by atoms with Crippen LogP contribution in [-0.4, -0.2) is 31.4 Å². The Labute approximate surface area is 154 Å². The Morgan fingerprint density at radius 2 is 1.88 bits per heavy atom. The van der Waals surface area contributed by atoms with Gasteiger partial charge in [-0.05, 0) is 36.8 Å². The molecule has 0 aliphatic carbocycles. The second kappa shape index (κ2) is 8.53. The number of hydrogen-bond donors (Lipinski definition) is 1. The zero-order valence-corrected chi connectivity index (χ0v) is 15.1. The summed E-state index contributed by atoms with van der Waals surface area (Å²) >= 11 is 5.55. The fourth-order valence-corrected chi connectivity index (χ4v) is 2.93. The third kappa shape index (κ3) is 4.51. The molecule has 130 valence electrons. The lowest BCUT2D eigenvalue weighted by atomic mass is 10.2. The lowest BCUT2D eigenvalue weighted by Gasteiger charge is -2.26. The van der Waals surface area contributed by atoms with Crippen molar-refractivity contribution in [1.29, 1.82) is 0 Å². The number of fused-ring (bicyclic) bond motifs is 1. The first-order valence-corrected chi connectivity index (χ1v) is 8.85. The minimum atomic E-state index is 0.571. The molecular weight excluding hydrogens is 332 g/mol. The molecule has 3 rings (SSSR count). The van der Waals surface area contributed by atoms with Gasteiger partial charge in [0.1, 0.15) is 13.2 Å². The summed E-state index contributed by atoms with van der Waals surface area (Å²) in [6, 6.07) is 16.2. The Morgan fingerprint density at radius 1 is 1.12 bits per heavy atom. The third-order valence-electron chi connectivity index (χ3n) is 3.81. The van der Waals surface area contributed by atoms with Crippen LogP contribution in [0.4, 0.5) is 5.69 Å². The molecule has 0 saturated carbocycles. The van der Waals surface area contributed by atoms with Crippen molar-refractivity contribution in [3.63, 3.8) is 0 Å². The van der Waals surface area contributed by atoms with Crippen LogP contribution in [0.3, 0.4) is 0 Å². The SMILES string of the molecule is CCNC(=S)N(C/C=C/c1ccccc1)c1ccc2c(c1)OCCO2. The van der Waals surface area contributed by atoms with Crippen molar-refractivity contribution in [2.45, 2.75) is 6.92 Å². The van der Waals surface area contributed by atoms with E-state index in [1.807, 2.05) is 43.3 Å². The molecule has 1 N–H and O–H groups in total. The molecule has 0 atom stereocenters. The molecule has 0 aromatic heterocycles. The van der Waals surface area contributed by atoms with Crippen LogP contribution in [0, 0.1) is 0 Å². The molecule has 25 heavy (non-hydrogen) atoms. The van der Waals surface area contributed by atoms with E-state index in [4.69, 9.17) is 21.7 Å². The number of benzene rings is 2. The van der Waals surface area contributed by atoms with Crippen molar-refractivity contribution in [3.05, 3.63) is 60.2 Å². The van der Waals surface area contributed by atoms with Gasteiger partial charge in [-0.2, -0.15) is 0 Å². The topological polar surface area (TPSA) is 33.7 Å². The van der Waals surface area contributed by atoms with Gasteiger partial charge in [0.25, 0.3) is 0 Å². The zero-order valence-electron chi connectivity index (χ0n) is 14.3. The van der Waals surface area contributed by atoms with Gasteiger partial charge in [0.2, 0.25) is 0 Å². The van der Waals surface area contributed by atoms with E-state index < -0.39 is 0 Å². The Kier molecular flexibility index (Phi) is 5.90. The van der Waals surface area contributed by atoms with Crippen LogP contribution in [0.2, 0.25) is 0 Å². The molecule has 0 unspecified atom stereocenters. The molecule has 0 bridgehead atoms. The van der Waals surface area contributed by atoms with Crippen molar-refractivity contribution < 1.29 is 9.47 Å². The smallest absolute Gasteiger partial charge is 0.173 e. The number of anilines is 1. The average molecular weight is 354 g/mol. The van der Waals surface area contributed by atoms with E-state index in [-0.39, 0.29) is 0 Å². The first-order valence-electron chi connectivity index (χ1n) is 8.44. The number of nitrogens with zero attached hydrogens (tertiary/aromatic N) is 1. The van der Waals surface area contributed by atoms with E-state index in [0.717, 1.165) is 23.7 Å². The van der Waals surface area contributed by atoms with Gasteiger partial charge in [-0.3, -0.25) is 0 Å². The average Bonchev–Trinajstić information content (AvgIpc) is 2.66. The van der Waals surface area contributed by atoms with Crippen molar-refractivity contribution in [1.82, 2.24) is 5.32 Å². The maximum atomic E-state index is 5.69. The highest BCUT2D eigenvalue weighted by Gasteiger charge is 2.16. The largest absolute Gasteiger partial charge is 0.486 e. The van der Waals surface area contributed by atoms with Crippen molar-refractivity contribution in [2.24, 2.45) is 0 Å². The quantitative estimate of drug-likeness (QED) is 0.825. The first-order chi connectivity index (χ1) is 12.3. The van der Waals surface area contributed by atoms with E-state index in [2.05, 4.69) is 34.5 Å². The van der Waals surface area contributed by atoms with Crippen LogP contribution >= 0.6 is 12.2 Å². The molecule has 2 aromatic rings. The molecule has 0 radical (unpaired) electrons. The van der Waals surface area contributed by atoms with Gasteiger partial charge in [-0.15, -0.1) is 0 Å². The molecule has 0 spiro atoms. The minimum absolute atomic E-state index is 0.571. The molecule has 0 saturated heterocycles. The molecule has 1 heterocycles. The zero-order chi connectivity index (χ0) is 17.5. The summed E-state index contributed by atoms with van der Waals surface area (Å²) in [4.78, 5) is 2.05. The number of rotatable bonds is 5. The van der Waals surface area contributed by atoms with Crippen molar-refractivity contribution in [3.8, 4) is 11.5 Å². The highest BCUT2D eigenvalue weighted by Crippen LogP contribution is 2.34. The van der Waals surface area contributed by atoms with Crippen LogP contribution in [0.25, 0.3) is 6.08 Å². The number of hydrogen-bond acceptors (Lipinski definition) is 3. The normalized spacial score (nSPS) is 12.8. The Hall–Kier alpha value is -2.53. The summed E-state index contributed by atoms with van der Waals surface area (Å²) in [7, 11) is 0. The first kappa shape index (κ1) is 17.3. The van der Waals surface area contributed by atoms with Gasteiger partial charge in [-0.1, -0.05) is 42.5 Å². The number of nitrogens with one attached hydrogen (secondary N) is 1. The van der Waals surface area contributed by atoms with Crippen LogP contribution in [-0.2, 0) is 0 Å². The van der Waals surface area contributed by atoms with Gasteiger partial charge in [-0.25, -0.2) is 0 Å². The van der Waals surface area contributed by atoms with E-state index >= 15 is 0 Å². The van der Waals surface area contributed by atoms with E-state index in [0.29, 0.717) is 24.9 Å². The number of ether oxygens (including phenoxy) is 2. The summed E-state index contributed by atoms with van der Waals surface area (Å²) < 4.78 is 11.3. The molecule has 5 heteroatoms. The maximum Gasteiger partial charge on any atom is 0.173 e. The van der Waals surface area contributed by atoms with Gasteiger partial charge in [0.15, 0.2) is 16.6 Å². The molecule has 1 aliphatic rings. The predicted molar refractivity (Wildman–Crippen MR) is 107 cm³/mol. The second-order valence-corrected chi connectivity index (χ2v) is 5.97. The molecule has 0 fully saturated rings. The fraction of sp³-hybridized carbons (Fsp3) is 0.250. The summed E-state index contributed by atoms with van der Waals surface area (Å²) in [5.41, 5.74) is 2.15. The summed E-state index contributed by atoms with van der Waals surface area (Å²) in [5, 5.41) is 3.92. The Bertz CT molecular complexity index is 747. The van der Waals surface area contributed by atoms with Crippen LogP contribution in [0.1, 0.15) is 12.5 Å². The lowest BCUT2D eigenvalue weighted by molar-refractivity contribution is 0.171. The maximum absolute atomic E-state index is 5.69. The van der Waals surface area contributed by atoms with Crippen LogP contribution in [0.5, 0.6) is 11.5 Å². The fourth-order valence-electron chi connectivity index (χ4n) is 2.61. The molecular formula is C20H22N2O2S. The summed E-state index contributed by atoms with van der Waals surface area (Å²) in [6.07, 6.45) is 4.20. The molecule has 4 nitrogen and oxygen atoms in total. The Morgan fingerprint density at radius 3 is 2.64 bits per heavy atom. The summed E-state index contributed by atoms with van der Waals surface area (Å²) in [5.74, 6) is 1.55. The number of thiocarbonyl (C=S) groups is 1. The second-order valence-electron chi connectivity index (χ2n) is 5.59. The summed E-state index contributed by atoms with van der Waals surface area (Å²) in [6.45, 7) is 4.64. The minimum Gasteiger partial charge on any atom is -0.486 e. The van der Waals surface area contributed by atoms with Crippen LogP contribution in [0.15, 0.2) is 54.6 Å². The predicted octanol–water partition coefficient (Wildman–Crippen LogP) is 3.87. The highest BCUT2D eigenvalue weighted by molar-refractivity contribution is 7.80. The molecule has 0 amide bonds. The van der Waals surface area contributed by atoms with Crippen molar-refractivity contribution in [2.75, 3.05) is 31.2 Å².